The van der Waals surface area contributed by atoms with Crippen LogP contribution in [0.5, 0.6) is 0 Å². The molecule has 7 rings (SSSR count). The summed E-state index contributed by atoms with van der Waals surface area (Å²) in [5, 5.41) is 13.6. The second kappa shape index (κ2) is 15.9. The first-order chi connectivity index (χ1) is 24.2. The third-order valence-corrected chi connectivity index (χ3v) is 11.3. The SMILES string of the molecule is CCC(C)(CC)C(=O)/C=C(\O)C(C)(CC)CC.[Ir].[c-]1c(-c2nccc3c4c(oc23)-c2ccccc2CC4)cc(-c2ccccc2)c2ccccc12. The van der Waals surface area contributed by atoms with Gasteiger partial charge in [-0.15, -0.1) is 23.6 Å². The maximum Gasteiger partial charge on any atom is 0.164 e. The second-order valence-corrected chi connectivity index (χ2v) is 14.0. The van der Waals surface area contributed by atoms with Crippen LogP contribution >= 0.6 is 0 Å². The number of nitrogens with zero attached hydrogens (tertiary/aromatic N) is 1. The molecule has 0 saturated carbocycles. The van der Waals surface area contributed by atoms with Crippen molar-refractivity contribution in [1.82, 2.24) is 4.98 Å². The van der Waals surface area contributed by atoms with Crippen molar-refractivity contribution in [2.75, 3.05) is 0 Å². The number of rotatable bonds is 9. The van der Waals surface area contributed by atoms with Crippen LogP contribution in [0.2, 0.25) is 0 Å². The maximum atomic E-state index is 12.2. The summed E-state index contributed by atoms with van der Waals surface area (Å²) in [7, 11) is 0. The summed E-state index contributed by atoms with van der Waals surface area (Å²) in [6.07, 6.45) is 8.68. The summed E-state index contributed by atoms with van der Waals surface area (Å²) in [5.74, 6) is 1.28. The van der Waals surface area contributed by atoms with E-state index in [1.165, 1.54) is 39.3 Å². The zero-order valence-electron chi connectivity index (χ0n) is 30.6. The first-order valence-corrected chi connectivity index (χ1v) is 18.1. The third-order valence-electron chi connectivity index (χ3n) is 11.3. The molecule has 0 amide bonds. The number of allylic oxidation sites excluding steroid dienone is 2. The minimum Gasteiger partial charge on any atom is -0.512 e. The Morgan fingerprint density at radius 1 is 0.804 bits per heavy atom. The standard InChI is InChI=1S/C31H20NO.C15H28O2.Ir/c1-2-8-20(9-3-1)28-19-23(18-22-11-5-6-12-24(22)28)29-31-27(16-17-32-29)26-15-14-21-10-4-7-13-25(21)30(26)33-31;1-7-14(5,8-2)12(16)11-13(17)15(6,9-3)10-4;/h1-13,16-17,19H,14-15H2;11,16H,7-10H2,1-6H3;/q-1;;/b;12-11-;. The average molecular weight is 855 g/mol. The molecule has 4 aromatic carbocycles. The number of pyridine rings is 1. The number of ketones is 1. The Bertz CT molecular complexity index is 2170. The van der Waals surface area contributed by atoms with Crippen LogP contribution in [-0.4, -0.2) is 15.9 Å². The molecule has 51 heavy (non-hydrogen) atoms. The van der Waals surface area contributed by atoms with Crippen LogP contribution in [0, 0.1) is 16.9 Å². The van der Waals surface area contributed by atoms with E-state index >= 15 is 0 Å². The molecule has 4 nitrogen and oxygen atoms in total. The number of fused-ring (bicyclic) bond motifs is 6. The van der Waals surface area contributed by atoms with Gasteiger partial charge < -0.3 is 9.52 Å². The summed E-state index contributed by atoms with van der Waals surface area (Å²) in [5.41, 5.74) is 8.26. The minimum absolute atomic E-state index is 0. The van der Waals surface area contributed by atoms with Gasteiger partial charge in [0, 0.05) is 65.4 Å². The Kier molecular flexibility index (Phi) is 11.8. The average Bonchev–Trinajstić information content (AvgIpc) is 3.57. The Morgan fingerprint density at radius 2 is 1.45 bits per heavy atom. The number of carbonyl (C=O) groups excluding carboxylic acids is 1. The largest absolute Gasteiger partial charge is 0.512 e. The van der Waals surface area contributed by atoms with Gasteiger partial charge in [0.1, 0.15) is 17.1 Å². The number of aryl methyl sites for hydroxylation is 2. The number of aliphatic hydroxyl groups excluding tert-OH is 1. The molecule has 0 atom stereocenters. The quantitative estimate of drug-likeness (QED) is 0.0894. The molecule has 265 valence electrons. The van der Waals surface area contributed by atoms with Crippen molar-refractivity contribution in [3.63, 3.8) is 0 Å². The number of carbonyl (C=O) groups is 1. The Morgan fingerprint density at radius 3 is 2.16 bits per heavy atom. The summed E-state index contributed by atoms with van der Waals surface area (Å²) in [6, 6.07) is 35.4. The number of aliphatic hydroxyl groups is 1. The van der Waals surface area contributed by atoms with Crippen LogP contribution in [-0.2, 0) is 37.7 Å². The van der Waals surface area contributed by atoms with Crippen LogP contribution in [0.3, 0.4) is 0 Å². The molecule has 6 aromatic rings. The Hall–Kier alpha value is -4.31. The molecular formula is C46H48IrNO3-. The Balaban J connectivity index is 0.000000242. The monoisotopic (exact) mass is 855 g/mol. The molecule has 0 unspecified atom stereocenters. The summed E-state index contributed by atoms with van der Waals surface area (Å²) in [6.45, 7) is 12.1. The molecule has 0 bridgehead atoms. The summed E-state index contributed by atoms with van der Waals surface area (Å²) >= 11 is 0. The molecule has 1 N–H and O–H groups in total. The van der Waals surface area contributed by atoms with Crippen LogP contribution in [0.1, 0.15) is 78.4 Å². The van der Waals surface area contributed by atoms with Gasteiger partial charge in [0.05, 0.1) is 0 Å². The molecule has 1 aliphatic carbocycles. The van der Waals surface area contributed by atoms with Gasteiger partial charge in [-0.25, -0.2) is 0 Å². The van der Waals surface area contributed by atoms with E-state index in [1.807, 2.05) is 47.7 Å². The van der Waals surface area contributed by atoms with Crippen LogP contribution in [0.25, 0.3) is 55.4 Å². The van der Waals surface area contributed by atoms with E-state index in [0.717, 1.165) is 71.9 Å². The van der Waals surface area contributed by atoms with Crippen LogP contribution in [0.15, 0.2) is 113 Å². The van der Waals surface area contributed by atoms with Crippen LogP contribution in [0.4, 0.5) is 0 Å². The number of hydrogen-bond donors (Lipinski definition) is 1. The third kappa shape index (κ3) is 7.38. The van der Waals surface area contributed by atoms with Crippen molar-refractivity contribution in [2.24, 2.45) is 10.8 Å². The normalized spacial score (nSPS) is 12.8. The zero-order chi connectivity index (χ0) is 35.5. The minimum atomic E-state index is -0.337. The molecule has 0 spiro atoms. The van der Waals surface area contributed by atoms with Crippen molar-refractivity contribution >= 4 is 27.5 Å². The van der Waals surface area contributed by atoms with Gasteiger partial charge in [0.2, 0.25) is 0 Å². The molecule has 2 heterocycles. The zero-order valence-corrected chi connectivity index (χ0v) is 33.0. The van der Waals surface area contributed by atoms with E-state index in [0.29, 0.717) is 0 Å². The predicted octanol–water partition coefficient (Wildman–Crippen LogP) is 12.5. The van der Waals surface area contributed by atoms with Crippen molar-refractivity contribution in [3.8, 4) is 33.7 Å². The van der Waals surface area contributed by atoms with Gasteiger partial charge in [0.15, 0.2) is 5.78 Å². The molecule has 0 saturated heterocycles. The van der Waals surface area contributed by atoms with E-state index in [2.05, 4.69) is 97.1 Å². The fraction of sp³-hybridized carbons (Fsp3) is 0.304. The summed E-state index contributed by atoms with van der Waals surface area (Å²) in [4.78, 5) is 17.0. The van der Waals surface area contributed by atoms with E-state index in [4.69, 9.17) is 9.40 Å². The van der Waals surface area contributed by atoms with E-state index in [9.17, 15) is 9.90 Å². The van der Waals surface area contributed by atoms with Gasteiger partial charge in [-0.1, -0.05) is 131 Å². The van der Waals surface area contributed by atoms with Crippen molar-refractivity contribution in [2.45, 2.75) is 80.1 Å². The Labute approximate surface area is 316 Å². The predicted molar refractivity (Wildman–Crippen MR) is 207 cm³/mol. The van der Waals surface area contributed by atoms with Gasteiger partial charge in [-0.3, -0.25) is 9.78 Å². The second-order valence-electron chi connectivity index (χ2n) is 14.0. The molecule has 1 aliphatic rings. The molecule has 5 heteroatoms. The number of hydrogen-bond acceptors (Lipinski definition) is 4. The fourth-order valence-corrected chi connectivity index (χ4v) is 6.85. The smallest absolute Gasteiger partial charge is 0.164 e. The number of furan rings is 1. The first kappa shape index (κ1) is 37.9. The van der Waals surface area contributed by atoms with Gasteiger partial charge in [-0.2, -0.15) is 0 Å². The van der Waals surface area contributed by atoms with Gasteiger partial charge in [0.25, 0.3) is 0 Å². The molecule has 0 aliphatic heterocycles. The van der Waals surface area contributed by atoms with E-state index in [-0.39, 0.29) is 42.5 Å². The van der Waals surface area contributed by atoms with Crippen LogP contribution < -0.4 is 0 Å². The maximum absolute atomic E-state index is 12.2. The molecule has 0 fully saturated rings. The molecular weight excluding hydrogens is 807 g/mol. The molecule has 2 aromatic heterocycles. The van der Waals surface area contributed by atoms with Gasteiger partial charge in [-0.05, 0) is 55.7 Å². The number of aromatic nitrogens is 1. The topological polar surface area (TPSA) is 63.3 Å². The van der Waals surface area contributed by atoms with Crippen molar-refractivity contribution in [1.29, 1.82) is 0 Å². The fourth-order valence-electron chi connectivity index (χ4n) is 6.85. The van der Waals surface area contributed by atoms with E-state index in [1.54, 1.807) is 0 Å². The molecule has 1 radical (unpaired) electrons. The first-order valence-electron chi connectivity index (χ1n) is 18.1. The van der Waals surface area contributed by atoms with Gasteiger partial charge >= 0.3 is 0 Å². The van der Waals surface area contributed by atoms with Crippen molar-refractivity contribution in [3.05, 3.63) is 126 Å². The number of benzene rings is 4. The van der Waals surface area contributed by atoms with E-state index < -0.39 is 0 Å². The van der Waals surface area contributed by atoms with Crippen molar-refractivity contribution < 1.29 is 34.4 Å². The summed E-state index contributed by atoms with van der Waals surface area (Å²) < 4.78 is 6.58.